The lowest BCUT2D eigenvalue weighted by atomic mass is 9.92. The Bertz CT molecular complexity index is 1080. The van der Waals surface area contributed by atoms with Crippen LogP contribution in [0.15, 0.2) is 24.3 Å². The largest absolute Gasteiger partial charge is 0.351 e. The zero-order valence-electron chi connectivity index (χ0n) is 18.6. The minimum absolute atomic E-state index is 0.107. The highest BCUT2D eigenvalue weighted by Gasteiger charge is 2.46. The molecule has 2 aliphatic rings. The van der Waals surface area contributed by atoms with Gasteiger partial charge in [0.15, 0.2) is 5.69 Å². The summed E-state index contributed by atoms with van der Waals surface area (Å²) in [6.45, 7) is 3.79. The number of nitrogens with one attached hydrogen (secondary N) is 2. The van der Waals surface area contributed by atoms with E-state index >= 15 is 0 Å². The quantitative estimate of drug-likeness (QED) is 0.735. The molecule has 0 spiro atoms. The van der Waals surface area contributed by atoms with E-state index in [9.17, 15) is 14.4 Å². The zero-order valence-corrected chi connectivity index (χ0v) is 19.3. The lowest BCUT2D eigenvalue weighted by molar-refractivity contribution is -0.133. The monoisotopic (exact) mass is 457 g/mol. The number of carbonyl (C=O) groups excluding carboxylic acids is 3. The van der Waals surface area contributed by atoms with Crippen molar-refractivity contribution in [3.63, 3.8) is 0 Å². The number of carbonyl (C=O) groups is 3. The van der Waals surface area contributed by atoms with Gasteiger partial charge in [0.2, 0.25) is 5.91 Å². The van der Waals surface area contributed by atoms with Gasteiger partial charge in [0.1, 0.15) is 11.2 Å². The van der Waals surface area contributed by atoms with E-state index in [4.69, 9.17) is 11.6 Å². The number of rotatable bonds is 4. The van der Waals surface area contributed by atoms with Crippen LogP contribution in [0.4, 0.5) is 5.69 Å². The van der Waals surface area contributed by atoms with Crippen molar-refractivity contribution in [2.75, 3.05) is 12.4 Å². The number of aromatic nitrogens is 2. The molecule has 2 N–H and O–H groups in total. The number of amides is 3. The Labute approximate surface area is 192 Å². The number of benzene rings is 1. The second-order valence-corrected chi connectivity index (χ2v) is 9.34. The van der Waals surface area contributed by atoms with E-state index in [-0.39, 0.29) is 35.8 Å². The van der Waals surface area contributed by atoms with Crippen LogP contribution in [0.2, 0.25) is 5.02 Å². The highest BCUT2D eigenvalue weighted by molar-refractivity contribution is 6.31. The Balaban J connectivity index is 1.53. The second kappa shape index (κ2) is 8.58. The lowest BCUT2D eigenvalue weighted by Gasteiger charge is -2.41. The molecule has 0 saturated heterocycles. The molecule has 1 aliphatic heterocycles. The van der Waals surface area contributed by atoms with E-state index in [0.29, 0.717) is 10.7 Å². The molecular formula is C23H28ClN5O3. The molecule has 4 rings (SSSR count). The molecule has 0 radical (unpaired) electrons. The van der Waals surface area contributed by atoms with Crippen molar-refractivity contribution in [2.24, 2.45) is 0 Å². The summed E-state index contributed by atoms with van der Waals surface area (Å²) in [5.74, 6) is -0.986. The first-order chi connectivity index (χ1) is 15.2. The number of anilines is 1. The maximum atomic E-state index is 13.2. The normalized spacial score (nSPS) is 21.2. The SMILES string of the molecule is Cc1ccc(NC(=O)c2cc3n(n2)CC(C)(C(=O)NC2CCCCC2)N(C)C3=O)cc1Cl. The topological polar surface area (TPSA) is 96.3 Å². The third-order valence-corrected chi connectivity index (χ3v) is 7.00. The summed E-state index contributed by atoms with van der Waals surface area (Å²) in [5, 5.41) is 10.8. The summed E-state index contributed by atoms with van der Waals surface area (Å²) in [4.78, 5) is 40.4. The van der Waals surface area contributed by atoms with Crippen LogP contribution < -0.4 is 10.6 Å². The van der Waals surface area contributed by atoms with Gasteiger partial charge in [-0.1, -0.05) is 36.9 Å². The number of halogens is 1. The van der Waals surface area contributed by atoms with Gasteiger partial charge in [0.05, 0.1) is 6.54 Å². The third kappa shape index (κ3) is 4.11. The fraction of sp³-hybridized carbons (Fsp3) is 0.478. The van der Waals surface area contributed by atoms with E-state index in [2.05, 4.69) is 15.7 Å². The number of likely N-dealkylation sites (N-methyl/N-ethyl adjacent to an activating group) is 1. The van der Waals surface area contributed by atoms with Crippen LogP contribution in [0.5, 0.6) is 0 Å². The molecule has 1 aromatic heterocycles. The van der Waals surface area contributed by atoms with Crippen molar-refractivity contribution >= 4 is 35.0 Å². The van der Waals surface area contributed by atoms with Gasteiger partial charge in [-0.05, 0) is 44.4 Å². The summed E-state index contributed by atoms with van der Waals surface area (Å²) in [7, 11) is 1.62. The molecule has 32 heavy (non-hydrogen) atoms. The maximum absolute atomic E-state index is 13.2. The third-order valence-electron chi connectivity index (χ3n) is 6.59. The molecule has 2 heterocycles. The number of fused-ring (bicyclic) bond motifs is 1. The molecule has 1 aliphatic carbocycles. The van der Waals surface area contributed by atoms with Crippen LogP contribution >= 0.6 is 11.6 Å². The van der Waals surface area contributed by atoms with Crippen LogP contribution in [0.3, 0.4) is 0 Å². The minimum atomic E-state index is -1.09. The van der Waals surface area contributed by atoms with Crippen molar-refractivity contribution in [2.45, 2.75) is 64.1 Å². The molecular weight excluding hydrogens is 430 g/mol. The van der Waals surface area contributed by atoms with Gasteiger partial charge < -0.3 is 15.5 Å². The molecule has 3 amide bonds. The minimum Gasteiger partial charge on any atom is -0.351 e. The first-order valence-electron chi connectivity index (χ1n) is 10.9. The summed E-state index contributed by atoms with van der Waals surface area (Å²) >= 11 is 6.13. The van der Waals surface area contributed by atoms with Crippen molar-refractivity contribution in [3.8, 4) is 0 Å². The first kappa shape index (κ1) is 22.3. The number of hydrogen-bond acceptors (Lipinski definition) is 4. The van der Waals surface area contributed by atoms with Gasteiger partial charge in [0, 0.05) is 29.9 Å². The van der Waals surface area contributed by atoms with Crippen molar-refractivity contribution in [1.29, 1.82) is 0 Å². The standard InChI is InChI=1S/C23H28ClN5O3/c1-14-9-10-16(11-17(14)24)25-20(30)18-12-19-21(31)28(3)23(2,13-29(19)27-18)22(32)26-15-7-5-4-6-8-15/h9-12,15H,4-8,13H2,1-3H3,(H,25,30)(H,26,32). The average Bonchev–Trinajstić information content (AvgIpc) is 3.19. The van der Waals surface area contributed by atoms with Crippen molar-refractivity contribution < 1.29 is 14.4 Å². The van der Waals surface area contributed by atoms with E-state index in [0.717, 1.165) is 31.2 Å². The van der Waals surface area contributed by atoms with Gasteiger partial charge >= 0.3 is 0 Å². The van der Waals surface area contributed by atoms with Gasteiger partial charge in [-0.2, -0.15) is 5.10 Å². The molecule has 1 atom stereocenters. The van der Waals surface area contributed by atoms with Crippen molar-refractivity contribution in [3.05, 3.63) is 46.2 Å². The van der Waals surface area contributed by atoms with Crippen molar-refractivity contribution in [1.82, 2.24) is 20.0 Å². The second-order valence-electron chi connectivity index (χ2n) is 8.94. The number of hydrogen-bond donors (Lipinski definition) is 2. The molecule has 1 saturated carbocycles. The first-order valence-corrected chi connectivity index (χ1v) is 11.3. The van der Waals surface area contributed by atoms with Crippen LogP contribution in [0.25, 0.3) is 0 Å². The predicted molar refractivity (Wildman–Crippen MR) is 122 cm³/mol. The summed E-state index contributed by atoms with van der Waals surface area (Å²) in [6.07, 6.45) is 5.31. The van der Waals surface area contributed by atoms with E-state index in [1.165, 1.54) is 22.1 Å². The molecule has 1 unspecified atom stereocenters. The molecule has 2 aromatic rings. The van der Waals surface area contributed by atoms with Gasteiger partial charge in [-0.15, -0.1) is 0 Å². The zero-order chi connectivity index (χ0) is 23.0. The smallest absolute Gasteiger partial charge is 0.276 e. The van der Waals surface area contributed by atoms with E-state index in [1.807, 2.05) is 13.0 Å². The fourth-order valence-corrected chi connectivity index (χ4v) is 4.47. The van der Waals surface area contributed by atoms with Gasteiger partial charge in [0.25, 0.3) is 11.8 Å². The maximum Gasteiger partial charge on any atom is 0.276 e. The predicted octanol–water partition coefficient (Wildman–Crippen LogP) is 3.39. The average molecular weight is 458 g/mol. The van der Waals surface area contributed by atoms with Crippen LogP contribution in [0.1, 0.15) is 65.6 Å². The Morgan fingerprint density at radius 1 is 1.19 bits per heavy atom. The Morgan fingerprint density at radius 3 is 2.59 bits per heavy atom. The summed E-state index contributed by atoms with van der Waals surface area (Å²) in [5.41, 5.74) is 0.738. The Morgan fingerprint density at radius 2 is 1.91 bits per heavy atom. The highest BCUT2D eigenvalue weighted by Crippen LogP contribution is 2.28. The number of nitrogens with zero attached hydrogens (tertiary/aromatic N) is 3. The fourth-order valence-electron chi connectivity index (χ4n) is 4.29. The molecule has 1 aromatic carbocycles. The van der Waals surface area contributed by atoms with Crippen LogP contribution in [0, 0.1) is 6.92 Å². The Hall–Kier alpha value is -2.87. The molecule has 170 valence electrons. The van der Waals surface area contributed by atoms with E-state index < -0.39 is 11.4 Å². The summed E-state index contributed by atoms with van der Waals surface area (Å²) in [6, 6.07) is 6.82. The van der Waals surface area contributed by atoms with Crippen LogP contribution in [-0.4, -0.2) is 51.0 Å². The molecule has 9 heteroatoms. The number of aryl methyl sites for hydroxylation is 1. The van der Waals surface area contributed by atoms with Crippen LogP contribution in [-0.2, 0) is 11.3 Å². The molecule has 1 fully saturated rings. The van der Waals surface area contributed by atoms with Gasteiger partial charge in [-0.25, -0.2) is 0 Å². The Kier molecular flexibility index (Phi) is 5.99. The highest BCUT2D eigenvalue weighted by atomic mass is 35.5. The van der Waals surface area contributed by atoms with E-state index in [1.54, 1.807) is 26.1 Å². The summed E-state index contributed by atoms with van der Waals surface area (Å²) < 4.78 is 1.46. The molecule has 0 bridgehead atoms. The lowest BCUT2D eigenvalue weighted by Crippen LogP contribution is -2.63. The molecule has 8 nitrogen and oxygen atoms in total. The van der Waals surface area contributed by atoms with Gasteiger partial charge in [-0.3, -0.25) is 19.1 Å².